The lowest BCUT2D eigenvalue weighted by atomic mass is 9.95. The summed E-state index contributed by atoms with van der Waals surface area (Å²) in [4.78, 5) is 14.1. The van der Waals surface area contributed by atoms with Gasteiger partial charge in [-0.05, 0) is 30.0 Å². The highest BCUT2D eigenvalue weighted by Gasteiger charge is 2.21. The maximum Gasteiger partial charge on any atom is 0.262 e. The first kappa shape index (κ1) is 16.7. The van der Waals surface area contributed by atoms with Gasteiger partial charge < -0.3 is 9.84 Å². The predicted octanol–water partition coefficient (Wildman–Crippen LogP) is 5.01. The Hall–Kier alpha value is -2.17. The second kappa shape index (κ2) is 6.75. The molecule has 6 heteroatoms. The van der Waals surface area contributed by atoms with Gasteiger partial charge in [-0.3, -0.25) is 9.69 Å². The molecule has 1 aliphatic heterocycles. The lowest BCUT2D eigenvalue weighted by Crippen LogP contribution is -2.23. The Morgan fingerprint density at radius 2 is 2.04 bits per heavy atom. The van der Waals surface area contributed by atoms with Crippen molar-refractivity contribution in [2.24, 2.45) is 5.92 Å². The summed E-state index contributed by atoms with van der Waals surface area (Å²) in [5.74, 6) is 0.477. The van der Waals surface area contributed by atoms with Crippen molar-refractivity contribution in [2.45, 2.75) is 13.3 Å². The van der Waals surface area contributed by atoms with Gasteiger partial charge in [0, 0.05) is 11.8 Å². The second-order valence-electron chi connectivity index (χ2n) is 5.66. The molecule has 1 unspecified atom stereocenters. The number of phenols is 1. The van der Waals surface area contributed by atoms with Crippen LogP contribution in [-0.2, 0) is 4.74 Å². The molecule has 1 heterocycles. The molecule has 1 aromatic carbocycles. The van der Waals surface area contributed by atoms with Gasteiger partial charge in [-0.1, -0.05) is 48.4 Å². The zero-order valence-electron chi connectivity index (χ0n) is 12.9. The van der Waals surface area contributed by atoms with Crippen molar-refractivity contribution >= 4 is 29.1 Å². The Labute approximate surface area is 149 Å². The molecule has 0 saturated heterocycles. The van der Waals surface area contributed by atoms with Crippen molar-refractivity contribution in [3.8, 4) is 5.75 Å². The van der Waals surface area contributed by atoms with E-state index in [0.717, 1.165) is 12.0 Å². The van der Waals surface area contributed by atoms with Crippen molar-refractivity contribution in [3.05, 3.63) is 76.0 Å². The minimum Gasteiger partial charge on any atom is -0.505 e. The highest BCUT2D eigenvalue weighted by atomic mass is 35.5. The van der Waals surface area contributed by atoms with Gasteiger partial charge in [0.2, 0.25) is 0 Å². The first-order chi connectivity index (χ1) is 11.5. The zero-order chi connectivity index (χ0) is 17.3. The van der Waals surface area contributed by atoms with Gasteiger partial charge in [0.1, 0.15) is 12.0 Å². The van der Waals surface area contributed by atoms with Crippen LogP contribution in [-0.4, -0.2) is 15.9 Å². The predicted molar refractivity (Wildman–Crippen MR) is 93.6 cm³/mol. The van der Waals surface area contributed by atoms with Gasteiger partial charge in [0.25, 0.3) is 5.91 Å². The number of aromatic hydroxyl groups is 1. The fraction of sp³-hybridized carbons (Fsp3) is 0.167. The van der Waals surface area contributed by atoms with Crippen molar-refractivity contribution in [1.82, 2.24) is 4.90 Å². The van der Waals surface area contributed by atoms with E-state index in [0.29, 0.717) is 11.7 Å². The molecule has 2 aliphatic rings. The summed E-state index contributed by atoms with van der Waals surface area (Å²) in [6, 6.07) is 2.76. The van der Waals surface area contributed by atoms with E-state index in [9.17, 15) is 9.90 Å². The molecule has 24 heavy (non-hydrogen) atoms. The number of carbonyl (C=O) groups is 1. The van der Waals surface area contributed by atoms with E-state index >= 15 is 0 Å². The summed E-state index contributed by atoms with van der Waals surface area (Å²) in [7, 11) is 0. The molecule has 3 rings (SSSR count). The third-order valence-corrected chi connectivity index (χ3v) is 4.34. The van der Waals surface area contributed by atoms with Crippen LogP contribution in [0.3, 0.4) is 0 Å². The van der Waals surface area contributed by atoms with Gasteiger partial charge in [-0.2, -0.15) is 0 Å². The number of ether oxygens (including phenoxy) is 1. The fourth-order valence-electron chi connectivity index (χ4n) is 2.52. The highest BCUT2D eigenvalue weighted by Crippen LogP contribution is 2.34. The third-order valence-electron chi connectivity index (χ3n) is 3.77. The van der Waals surface area contributed by atoms with Crippen LogP contribution in [0, 0.1) is 5.92 Å². The number of allylic oxidation sites excluding steroid dienone is 4. The summed E-state index contributed by atoms with van der Waals surface area (Å²) in [5, 5.41) is 9.67. The van der Waals surface area contributed by atoms with Crippen LogP contribution < -0.4 is 0 Å². The fourth-order valence-corrected chi connectivity index (χ4v) is 3.01. The molecule has 4 nitrogen and oxygen atoms in total. The zero-order valence-corrected chi connectivity index (χ0v) is 14.4. The van der Waals surface area contributed by atoms with E-state index in [1.54, 1.807) is 6.20 Å². The Balaban J connectivity index is 1.87. The molecule has 0 aromatic heterocycles. The lowest BCUT2D eigenvalue weighted by molar-refractivity contribution is 0.0855. The SMILES string of the molecule is CC1C=CC=C(C2=CN(C(=O)c3cc(Cl)c(O)c(Cl)c3)C=CO2)C1. The summed E-state index contributed by atoms with van der Waals surface area (Å²) < 4.78 is 5.54. The average Bonchev–Trinajstić information content (AvgIpc) is 2.58. The largest absolute Gasteiger partial charge is 0.505 e. The van der Waals surface area contributed by atoms with Gasteiger partial charge in [-0.25, -0.2) is 0 Å². The molecule has 1 N–H and O–H groups in total. The number of rotatable bonds is 2. The smallest absolute Gasteiger partial charge is 0.262 e. The number of hydrogen-bond donors (Lipinski definition) is 1. The Bertz CT molecular complexity index is 785. The van der Waals surface area contributed by atoms with Crippen LogP contribution in [0.15, 0.2) is 60.4 Å². The van der Waals surface area contributed by atoms with Crippen molar-refractivity contribution in [1.29, 1.82) is 0 Å². The maximum atomic E-state index is 12.7. The van der Waals surface area contributed by atoms with E-state index in [-0.39, 0.29) is 27.3 Å². The number of carbonyl (C=O) groups excluding carboxylic acids is 1. The van der Waals surface area contributed by atoms with Gasteiger partial charge >= 0.3 is 0 Å². The first-order valence-corrected chi connectivity index (χ1v) is 8.15. The van der Waals surface area contributed by atoms with E-state index in [1.165, 1.54) is 29.5 Å². The lowest BCUT2D eigenvalue weighted by Gasteiger charge is -2.23. The van der Waals surface area contributed by atoms with Crippen LogP contribution in [0.2, 0.25) is 10.0 Å². The molecule has 0 radical (unpaired) electrons. The van der Waals surface area contributed by atoms with Crippen molar-refractivity contribution < 1.29 is 14.6 Å². The van der Waals surface area contributed by atoms with Gasteiger partial charge in [-0.15, -0.1) is 0 Å². The number of benzene rings is 1. The van der Waals surface area contributed by atoms with Crippen molar-refractivity contribution in [3.63, 3.8) is 0 Å². The molecule has 0 saturated carbocycles. The summed E-state index contributed by atoms with van der Waals surface area (Å²) in [6.45, 7) is 2.12. The number of amides is 1. The molecule has 0 bridgehead atoms. The summed E-state index contributed by atoms with van der Waals surface area (Å²) in [6.07, 6.45) is 11.5. The molecular weight excluding hydrogens is 349 g/mol. The molecule has 1 aliphatic carbocycles. The first-order valence-electron chi connectivity index (χ1n) is 7.39. The Kier molecular flexibility index (Phi) is 4.69. The van der Waals surface area contributed by atoms with Crippen LogP contribution in [0.5, 0.6) is 5.75 Å². The van der Waals surface area contributed by atoms with E-state index < -0.39 is 0 Å². The third kappa shape index (κ3) is 3.35. The molecule has 0 fully saturated rings. The van der Waals surface area contributed by atoms with E-state index in [4.69, 9.17) is 27.9 Å². The minimum absolute atomic E-state index is 0.0289. The second-order valence-corrected chi connectivity index (χ2v) is 6.47. The molecule has 1 aromatic rings. The number of phenolic OH excluding ortho intramolecular Hbond substituents is 1. The monoisotopic (exact) mass is 363 g/mol. The molecule has 1 amide bonds. The molecule has 124 valence electrons. The Morgan fingerprint density at radius 3 is 2.71 bits per heavy atom. The normalized spacial score (nSPS) is 19.6. The topological polar surface area (TPSA) is 49.8 Å². The molecular formula is C18H15Cl2NO3. The average molecular weight is 364 g/mol. The van der Waals surface area contributed by atoms with Crippen LogP contribution in [0.4, 0.5) is 0 Å². The van der Waals surface area contributed by atoms with Crippen LogP contribution in [0.1, 0.15) is 23.7 Å². The molecule has 0 spiro atoms. The maximum absolute atomic E-state index is 12.7. The van der Waals surface area contributed by atoms with Gasteiger partial charge in [0.15, 0.2) is 5.75 Å². The quantitative estimate of drug-likeness (QED) is 0.803. The number of halogens is 2. The van der Waals surface area contributed by atoms with Crippen LogP contribution in [0.25, 0.3) is 0 Å². The van der Waals surface area contributed by atoms with Gasteiger partial charge in [0.05, 0.1) is 16.2 Å². The summed E-state index contributed by atoms with van der Waals surface area (Å²) in [5.41, 5.74) is 1.30. The number of nitrogens with zero attached hydrogens (tertiary/aromatic N) is 1. The molecule has 1 atom stereocenters. The Morgan fingerprint density at radius 1 is 1.33 bits per heavy atom. The highest BCUT2D eigenvalue weighted by molar-refractivity contribution is 6.37. The summed E-state index contributed by atoms with van der Waals surface area (Å²) >= 11 is 11.8. The number of hydrogen-bond acceptors (Lipinski definition) is 3. The minimum atomic E-state index is -0.323. The van der Waals surface area contributed by atoms with E-state index in [1.807, 2.05) is 12.2 Å². The van der Waals surface area contributed by atoms with Crippen LogP contribution >= 0.6 is 23.2 Å². The van der Waals surface area contributed by atoms with E-state index in [2.05, 4.69) is 13.0 Å². The van der Waals surface area contributed by atoms with Crippen molar-refractivity contribution in [2.75, 3.05) is 0 Å². The standard InChI is InChI=1S/C18H15Cl2NO3/c1-11-3-2-4-12(7-11)16-10-21(5-6-24-16)18(23)13-8-14(19)17(22)15(20)9-13/h2-6,8-11,22H,7H2,1H3.